The molecule has 2 aromatic rings. The third-order valence-corrected chi connectivity index (χ3v) is 5.70. The molecule has 2 fully saturated rings. The van der Waals surface area contributed by atoms with Crippen molar-refractivity contribution in [3.63, 3.8) is 0 Å². The summed E-state index contributed by atoms with van der Waals surface area (Å²) < 4.78 is 16.6. The van der Waals surface area contributed by atoms with Crippen LogP contribution in [0.15, 0.2) is 28.7 Å². The number of hydrogen-bond acceptors (Lipinski definition) is 7. The number of benzene rings is 1. The van der Waals surface area contributed by atoms with Crippen LogP contribution in [0.25, 0.3) is 11.0 Å². The molecule has 0 N–H and O–H groups in total. The van der Waals surface area contributed by atoms with E-state index in [4.69, 9.17) is 13.9 Å². The van der Waals surface area contributed by atoms with Gasteiger partial charge in [0, 0.05) is 44.7 Å². The number of ether oxygens (including phenoxy) is 2. The Bertz CT molecular complexity index is 882. The minimum absolute atomic E-state index is 0.174. The minimum Gasteiger partial charge on any atom is -0.462 e. The molecule has 0 saturated carbocycles. The molecule has 8 nitrogen and oxygen atoms in total. The van der Waals surface area contributed by atoms with Gasteiger partial charge in [-0.25, -0.2) is 4.79 Å². The minimum atomic E-state index is -0.350. The quantitative estimate of drug-likeness (QED) is 0.663. The third kappa shape index (κ3) is 4.66. The highest BCUT2D eigenvalue weighted by atomic mass is 16.5. The molecule has 0 aliphatic carbocycles. The Balaban J connectivity index is 1.38. The van der Waals surface area contributed by atoms with Crippen LogP contribution in [0, 0.1) is 0 Å². The fourth-order valence-electron chi connectivity index (χ4n) is 4.04. The van der Waals surface area contributed by atoms with E-state index in [-0.39, 0.29) is 11.9 Å². The van der Waals surface area contributed by atoms with E-state index in [0.717, 1.165) is 31.6 Å². The summed E-state index contributed by atoms with van der Waals surface area (Å²) >= 11 is 0. The predicted octanol–water partition coefficient (Wildman–Crippen LogP) is 1.59. The highest BCUT2D eigenvalue weighted by molar-refractivity contribution is 6.04. The van der Waals surface area contributed by atoms with Crippen LogP contribution in [0.2, 0.25) is 0 Å². The van der Waals surface area contributed by atoms with Crippen molar-refractivity contribution in [1.29, 1.82) is 0 Å². The highest BCUT2D eigenvalue weighted by Crippen LogP contribution is 2.28. The summed E-state index contributed by atoms with van der Waals surface area (Å²) in [6, 6.07) is 7.53. The fourth-order valence-corrected chi connectivity index (χ4v) is 4.04. The van der Waals surface area contributed by atoms with Gasteiger partial charge in [-0.15, -0.1) is 0 Å². The van der Waals surface area contributed by atoms with Crippen LogP contribution in [0.4, 0.5) is 0 Å². The number of esters is 1. The number of carbonyl (C=O) groups is 2. The van der Waals surface area contributed by atoms with Crippen LogP contribution in [-0.2, 0) is 20.8 Å². The molecule has 0 atom stereocenters. The first-order valence-corrected chi connectivity index (χ1v) is 10.6. The van der Waals surface area contributed by atoms with E-state index >= 15 is 0 Å². The average Bonchev–Trinajstić information content (AvgIpc) is 3.13. The Morgan fingerprint density at radius 1 is 1.00 bits per heavy atom. The first kappa shape index (κ1) is 20.8. The van der Waals surface area contributed by atoms with Crippen LogP contribution in [0.5, 0.6) is 0 Å². The maximum Gasteiger partial charge on any atom is 0.342 e. The Hall–Kier alpha value is -2.42. The molecule has 8 heteroatoms. The number of morpholine rings is 1. The number of hydrogen-bond donors (Lipinski definition) is 0. The van der Waals surface area contributed by atoms with Crippen molar-refractivity contribution in [2.45, 2.75) is 13.5 Å². The molecule has 1 amide bonds. The Morgan fingerprint density at radius 2 is 1.73 bits per heavy atom. The van der Waals surface area contributed by atoms with Crippen molar-refractivity contribution in [1.82, 2.24) is 14.7 Å². The maximum absolute atomic E-state index is 12.6. The van der Waals surface area contributed by atoms with E-state index in [9.17, 15) is 9.59 Å². The van der Waals surface area contributed by atoms with Crippen molar-refractivity contribution in [2.75, 3.05) is 65.6 Å². The molecular formula is C22H29N3O5. The van der Waals surface area contributed by atoms with Gasteiger partial charge >= 0.3 is 5.97 Å². The van der Waals surface area contributed by atoms with Crippen molar-refractivity contribution in [2.24, 2.45) is 0 Å². The zero-order chi connectivity index (χ0) is 20.9. The second kappa shape index (κ2) is 9.59. The zero-order valence-electron chi connectivity index (χ0n) is 17.5. The molecule has 0 radical (unpaired) electrons. The lowest BCUT2D eigenvalue weighted by Crippen LogP contribution is -2.52. The second-order valence-electron chi connectivity index (χ2n) is 7.66. The monoisotopic (exact) mass is 415 g/mol. The van der Waals surface area contributed by atoms with Gasteiger partial charge in [0.2, 0.25) is 5.91 Å². The standard InChI is InChI=1S/C22H29N3O5/c1-2-29-22(27)21-17-5-3-4-6-18(17)30-19(21)15-23-7-9-25(10-8-23)20(26)16-24-11-13-28-14-12-24/h3-6H,2,7-16H2,1H3. The molecule has 0 unspecified atom stereocenters. The summed E-state index contributed by atoms with van der Waals surface area (Å²) in [5.74, 6) is 0.451. The Kier molecular flexibility index (Phi) is 6.66. The lowest BCUT2D eigenvalue weighted by atomic mass is 10.1. The van der Waals surface area contributed by atoms with Gasteiger partial charge in [-0.1, -0.05) is 18.2 Å². The summed E-state index contributed by atoms with van der Waals surface area (Å²) in [5.41, 5.74) is 1.20. The number of para-hydroxylation sites is 1. The second-order valence-corrected chi connectivity index (χ2v) is 7.66. The van der Waals surface area contributed by atoms with Crippen LogP contribution in [0.1, 0.15) is 23.0 Å². The molecule has 0 bridgehead atoms. The van der Waals surface area contributed by atoms with E-state index in [1.54, 1.807) is 6.92 Å². The van der Waals surface area contributed by atoms with Crippen LogP contribution in [0.3, 0.4) is 0 Å². The van der Waals surface area contributed by atoms with Crippen molar-refractivity contribution in [3.8, 4) is 0 Å². The molecule has 1 aromatic heterocycles. The van der Waals surface area contributed by atoms with E-state index in [1.165, 1.54) is 0 Å². The van der Waals surface area contributed by atoms with Crippen LogP contribution >= 0.6 is 0 Å². The SMILES string of the molecule is CCOC(=O)c1c(CN2CCN(C(=O)CN3CCOCC3)CC2)oc2ccccc12. The van der Waals surface area contributed by atoms with E-state index < -0.39 is 0 Å². The largest absolute Gasteiger partial charge is 0.462 e. The molecular weight excluding hydrogens is 386 g/mol. The van der Waals surface area contributed by atoms with Gasteiger partial charge in [-0.3, -0.25) is 14.6 Å². The third-order valence-electron chi connectivity index (χ3n) is 5.70. The number of amides is 1. The van der Waals surface area contributed by atoms with Crippen LogP contribution in [-0.4, -0.2) is 92.2 Å². The lowest BCUT2D eigenvalue weighted by Gasteiger charge is -2.36. The lowest BCUT2D eigenvalue weighted by molar-refractivity contribution is -0.135. The van der Waals surface area contributed by atoms with Gasteiger partial charge in [0.15, 0.2) is 0 Å². The van der Waals surface area contributed by atoms with E-state index in [1.807, 2.05) is 29.2 Å². The van der Waals surface area contributed by atoms with Crippen molar-refractivity contribution < 1.29 is 23.5 Å². The van der Waals surface area contributed by atoms with Gasteiger partial charge < -0.3 is 18.8 Å². The number of furan rings is 1. The summed E-state index contributed by atoms with van der Waals surface area (Å²) in [6.07, 6.45) is 0. The molecule has 162 valence electrons. The number of rotatable bonds is 6. The summed E-state index contributed by atoms with van der Waals surface area (Å²) in [7, 11) is 0. The highest BCUT2D eigenvalue weighted by Gasteiger charge is 2.27. The number of piperazine rings is 1. The van der Waals surface area contributed by atoms with Gasteiger partial charge in [0.1, 0.15) is 16.9 Å². The topological polar surface area (TPSA) is 75.5 Å². The Labute approximate surface area is 176 Å². The fraction of sp³-hybridized carbons (Fsp3) is 0.545. The normalized spacial score (nSPS) is 18.6. The van der Waals surface area contributed by atoms with Gasteiger partial charge in [-0.05, 0) is 13.0 Å². The van der Waals surface area contributed by atoms with Gasteiger partial charge in [-0.2, -0.15) is 0 Å². The first-order chi connectivity index (χ1) is 14.7. The number of fused-ring (bicyclic) bond motifs is 1. The zero-order valence-corrected chi connectivity index (χ0v) is 17.5. The van der Waals surface area contributed by atoms with Crippen molar-refractivity contribution >= 4 is 22.8 Å². The molecule has 0 spiro atoms. The smallest absolute Gasteiger partial charge is 0.342 e. The molecule has 2 saturated heterocycles. The number of carbonyl (C=O) groups excluding carboxylic acids is 2. The summed E-state index contributed by atoms with van der Waals surface area (Å²) in [4.78, 5) is 31.5. The van der Waals surface area contributed by atoms with Crippen molar-refractivity contribution in [3.05, 3.63) is 35.6 Å². The average molecular weight is 415 g/mol. The Morgan fingerprint density at radius 3 is 2.47 bits per heavy atom. The van der Waals surface area contributed by atoms with E-state index in [0.29, 0.717) is 62.9 Å². The molecule has 2 aliphatic heterocycles. The predicted molar refractivity (Wildman–Crippen MR) is 111 cm³/mol. The molecule has 3 heterocycles. The molecule has 30 heavy (non-hydrogen) atoms. The van der Waals surface area contributed by atoms with Gasteiger partial charge in [0.05, 0.1) is 32.9 Å². The maximum atomic E-state index is 12.6. The molecule has 4 rings (SSSR count). The van der Waals surface area contributed by atoms with Crippen LogP contribution < -0.4 is 0 Å². The first-order valence-electron chi connectivity index (χ1n) is 10.6. The molecule has 2 aliphatic rings. The van der Waals surface area contributed by atoms with E-state index in [2.05, 4.69) is 9.80 Å². The molecule has 1 aromatic carbocycles. The summed E-state index contributed by atoms with van der Waals surface area (Å²) in [5, 5.41) is 0.783. The number of nitrogens with zero attached hydrogens (tertiary/aromatic N) is 3. The summed E-state index contributed by atoms with van der Waals surface area (Å²) in [6.45, 7) is 8.97. The van der Waals surface area contributed by atoms with Gasteiger partial charge in [0.25, 0.3) is 0 Å².